The van der Waals surface area contributed by atoms with Crippen molar-refractivity contribution in [2.75, 3.05) is 6.61 Å². The Balaban J connectivity index is 1.30. The maximum atomic E-state index is 13.3. The topological polar surface area (TPSA) is 117 Å². The van der Waals surface area contributed by atoms with Crippen molar-refractivity contribution in [3.8, 4) is 0 Å². The lowest BCUT2D eigenvalue weighted by atomic mass is 9.44. The third-order valence-corrected chi connectivity index (χ3v) is 11.6. The Bertz CT molecular complexity index is 1040. The first-order valence-electron chi connectivity index (χ1n) is 13.2. The predicted molar refractivity (Wildman–Crippen MR) is 126 cm³/mol. The summed E-state index contributed by atoms with van der Waals surface area (Å²) in [5.74, 6) is 0.251. The molecular weight excluding hydrogens is 448 g/mol. The standard InChI is InChI=1S/C28H38O7/c1-14-11-22(34-24(32)16(14)13-29)27(4,33)19-6-5-17-15-12-23-28(35-23)21(31)8-7-20(30)26(28,3)18(15)9-10-25(17,19)2/h7-8,15,17-19,21-23,29,31,33H,5-6,9-13H2,1-4H3/t15?,17?,18?,19?,21-,22?,23+,25-,26-,27+,28?/m0/s1. The fourth-order valence-corrected chi connectivity index (χ4v) is 9.72. The molecule has 0 aromatic rings. The lowest BCUT2D eigenvalue weighted by Crippen LogP contribution is -2.64. The van der Waals surface area contributed by atoms with Crippen LogP contribution >= 0.6 is 0 Å². The van der Waals surface area contributed by atoms with Crippen LogP contribution in [-0.4, -0.2) is 63.2 Å². The highest BCUT2D eigenvalue weighted by Crippen LogP contribution is 2.73. The van der Waals surface area contributed by atoms with Gasteiger partial charge in [0.25, 0.3) is 0 Å². The lowest BCUT2D eigenvalue weighted by molar-refractivity contribution is -0.185. The third kappa shape index (κ3) is 2.76. The molecule has 3 N–H and O–H groups in total. The number of ketones is 1. The Hall–Kier alpha value is -1.54. The molecule has 1 spiro atoms. The highest BCUT2D eigenvalue weighted by Gasteiger charge is 2.80. The highest BCUT2D eigenvalue weighted by molar-refractivity contribution is 5.98. The Labute approximate surface area is 206 Å². The number of fused-ring (bicyclic) bond motifs is 4. The summed E-state index contributed by atoms with van der Waals surface area (Å²) in [5.41, 5.74) is -1.78. The van der Waals surface area contributed by atoms with Crippen molar-refractivity contribution >= 4 is 11.8 Å². The minimum Gasteiger partial charge on any atom is -0.456 e. The molecule has 0 bridgehead atoms. The van der Waals surface area contributed by atoms with Crippen molar-refractivity contribution < 1.29 is 34.4 Å². The smallest absolute Gasteiger partial charge is 0.336 e. The molecule has 7 nitrogen and oxygen atoms in total. The number of rotatable bonds is 3. The average Bonchev–Trinajstić information content (AvgIpc) is 3.42. The van der Waals surface area contributed by atoms with Gasteiger partial charge in [0.1, 0.15) is 23.4 Å². The van der Waals surface area contributed by atoms with Crippen LogP contribution < -0.4 is 0 Å². The normalized spacial score (nSPS) is 52.1. The number of aliphatic hydroxyl groups excluding tert-OH is 2. The monoisotopic (exact) mass is 486 g/mol. The second-order valence-electron chi connectivity index (χ2n) is 12.8. The molecule has 35 heavy (non-hydrogen) atoms. The van der Waals surface area contributed by atoms with Crippen LogP contribution in [0.15, 0.2) is 23.3 Å². The summed E-state index contributed by atoms with van der Waals surface area (Å²) in [4.78, 5) is 25.8. The van der Waals surface area contributed by atoms with E-state index in [4.69, 9.17) is 9.47 Å². The Kier molecular flexibility index (Phi) is 4.95. The van der Waals surface area contributed by atoms with E-state index in [9.17, 15) is 24.9 Å². The summed E-state index contributed by atoms with van der Waals surface area (Å²) < 4.78 is 11.9. The Morgan fingerprint density at radius 2 is 1.91 bits per heavy atom. The van der Waals surface area contributed by atoms with Gasteiger partial charge in [0.15, 0.2) is 5.78 Å². The Morgan fingerprint density at radius 1 is 1.17 bits per heavy atom. The number of carbonyl (C=O) groups excluding carboxylic acids is 2. The van der Waals surface area contributed by atoms with Gasteiger partial charge in [-0.15, -0.1) is 0 Å². The van der Waals surface area contributed by atoms with Gasteiger partial charge in [-0.05, 0) is 94.1 Å². The zero-order valence-corrected chi connectivity index (χ0v) is 21.1. The molecule has 6 unspecified atom stereocenters. The van der Waals surface area contributed by atoms with Gasteiger partial charge in [0.05, 0.1) is 23.7 Å². The molecule has 6 aliphatic rings. The molecule has 3 saturated carbocycles. The van der Waals surface area contributed by atoms with E-state index in [2.05, 4.69) is 6.92 Å². The molecule has 4 aliphatic carbocycles. The summed E-state index contributed by atoms with van der Waals surface area (Å²) in [6.07, 6.45) is 6.44. The molecular formula is C28H38O7. The minimum absolute atomic E-state index is 0.0469. The van der Waals surface area contributed by atoms with Crippen molar-refractivity contribution in [3.05, 3.63) is 23.3 Å². The highest BCUT2D eigenvalue weighted by atomic mass is 16.6. The molecule has 1 saturated heterocycles. The lowest BCUT2D eigenvalue weighted by Gasteiger charge is -2.59. The van der Waals surface area contributed by atoms with E-state index < -0.39 is 34.8 Å². The van der Waals surface area contributed by atoms with Gasteiger partial charge in [-0.2, -0.15) is 0 Å². The molecule has 2 aliphatic heterocycles. The fraction of sp³-hybridized carbons (Fsp3) is 0.786. The summed E-state index contributed by atoms with van der Waals surface area (Å²) in [6.45, 7) is 7.59. The van der Waals surface area contributed by atoms with Crippen molar-refractivity contribution in [1.29, 1.82) is 0 Å². The number of epoxide rings is 1. The largest absolute Gasteiger partial charge is 0.456 e. The first-order chi connectivity index (χ1) is 16.4. The summed E-state index contributed by atoms with van der Waals surface area (Å²) >= 11 is 0. The van der Waals surface area contributed by atoms with E-state index in [0.717, 1.165) is 37.7 Å². The molecule has 2 heterocycles. The van der Waals surface area contributed by atoms with Crippen LogP contribution in [0.3, 0.4) is 0 Å². The van der Waals surface area contributed by atoms with Gasteiger partial charge in [-0.3, -0.25) is 4.79 Å². The number of cyclic esters (lactones) is 1. The fourth-order valence-electron chi connectivity index (χ4n) is 9.72. The number of allylic oxidation sites excluding steroid dienone is 1. The van der Waals surface area contributed by atoms with Gasteiger partial charge < -0.3 is 24.8 Å². The molecule has 192 valence electrons. The van der Waals surface area contributed by atoms with Crippen LogP contribution in [0.5, 0.6) is 0 Å². The zero-order chi connectivity index (χ0) is 25.1. The van der Waals surface area contributed by atoms with Crippen molar-refractivity contribution in [3.63, 3.8) is 0 Å². The maximum absolute atomic E-state index is 13.3. The first-order valence-corrected chi connectivity index (χ1v) is 13.2. The van der Waals surface area contributed by atoms with Crippen LogP contribution in [0.25, 0.3) is 0 Å². The van der Waals surface area contributed by atoms with Crippen LogP contribution in [0.2, 0.25) is 0 Å². The summed E-state index contributed by atoms with van der Waals surface area (Å²) in [7, 11) is 0. The molecule has 11 atom stereocenters. The molecule has 0 aromatic heterocycles. The second-order valence-corrected chi connectivity index (χ2v) is 12.8. The van der Waals surface area contributed by atoms with Gasteiger partial charge in [-0.1, -0.05) is 12.5 Å². The third-order valence-electron chi connectivity index (χ3n) is 11.6. The van der Waals surface area contributed by atoms with E-state index >= 15 is 0 Å². The first kappa shape index (κ1) is 23.8. The van der Waals surface area contributed by atoms with Crippen molar-refractivity contribution in [1.82, 2.24) is 0 Å². The minimum atomic E-state index is -1.20. The number of hydrogen-bond acceptors (Lipinski definition) is 7. The number of ether oxygens (including phenoxy) is 2. The van der Waals surface area contributed by atoms with E-state index in [1.54, 1.807) is 12.2 Å². The van der Waals surface area contributed by atoms with E-state index in [1.807, 2.05) is 20.8 Å². The molecule has 0 amide bonds. The predicted octanol–water partition coefficient (Wildman–Crippen LogP) is 2.47. The Morgan fingerprint density at radius 3 is 2.60 bits per heavy atom. The van der Waals surface area contributed by atoms with Crippen molar-refractivity contribution in [2.24, 2.45) is 34.5 Å². The maximum Gasteiger partial charge on any atom is 0.336 e. The molecule has 0 aromatic carbocycles. The van der Waals surface area contributed by atoms with E-state index in [1.165, 1.54) is 0 Å². The van der Waals surface area contributed by atoms with Gasteiger partial charge >= 0.3 is 5.97 Å². The van der Waals surface area contributed by atoms with Gasteiger partial charge in [0, 0.05) is 6.42 Å². The molecule has 4 fully saturated rings. The number of hydrogen-bond donors (Lipinski definition) is 3. The zero-order valence-electron chi connectivity index (χ0n) is 21.1. The van der Waals surface area contributed by atoms with Crippen LogP contribution in [0.1, 0.15) is 66.2 Å². The van der Waals surface area contributed by atoms with Crippen LogP contribution in [0.4, 0.5) is 0 Å². The SMILES string of the molecule is CC1=C(CO)C(=O)OC([C@](C)(O)C2CCC3C4C[C@H]5OC56[C@@H](O)C=CC(=O)[C@]6(C)C4CC[C@@]32C)C1. The van der Waals surface area contributed by atoms with Crippen molar-refractivity contribution in [2.45, 2.75) is 95.7 Å². The van der Waals surface area contributed by atoms with E-state index in [-0.39, 0.29) is 35.7 Å². The summed E-state index contributed by atoms with van der Waals surface area (Å²) in [6, 6.07) is 0. The van der Waals surface area contributed by atoms with Gasteiger partial charge in [0.2, 0.25) is 0 Å². The summed E-state index contributed by atoms with van der Waals surface area (Å²) in [5, 5.41) is 32.3. The second kappa shape index (κ2) is 7.27. The van der Waals surface area contributed by atoms with Crippen LogP contribution in [0, 0.1) is 34.5 Å². The molecule has 7 heteroatoms. The molecule has 6 rings (SSSR count). The molecule has 0 radical (unpaired) electrons. The number of carbonyl (C=O) groups is 2. The van der Waals surface area contributed by atoms with E-state index in [0.29, 0.717) is 23.8 Å². The van der Waals surface area contributed by atoms with Gasteiger partial charge in [-0.25, -0.2) is 4.79 Å². The average molecular weight is 487 g/mol. The number of esters is 1. The number of aliphatic hydroxyl groups is 3. The van der Waals surface area contributed by atoms with Crippen LogP contribution in [-0.2, 0) is 19.1 Å². The quantitative estimate of drug-likeness (QED) is 0.414.